The van der Waals surface area contributed by atoms with E-state index in [1.54, 1.807) is 7.05 Å². The summed E-state index contributed by atoms with van der Waals surface area (Å²) in [6.07, 6.45) is 3.07. The molecule has 0 bridgehead atoms. The van der Waals surface area contributed by atoms with Crippen molar-refractivity contribution in [3.63, 3.8) is 0 Å². The van der Waals surface area contributed by atoms with Gasteiger partial charge in [-0.2, -0.15) is 0 Å². The van der Waals surface area contributed by atoms with Crippen molar-refractivity contribution < 1.29 is 9.63 Å². The Morgan fingerprint density at radius 3 is 2.94 bits per heavy atom. The lowest BCUT2D eigenvalue weighted by molar-refractivity contribution is -0.170. The Labute approximate surface area is 96.0 Å². The van der Waals surface area contributed by atoms with Crippen molar-refractivity contribution in [3.05, 3.63) is 35.4 Å². The third-order valence-corrected chi connectivity index (χ3v) is 3.25. The van der Waals surface area contributed by atoms with Crippen molar-refractivity contribution in [1.82, 2.24) is 5.06 Å². The lowest BCUT2D eigenvalue weighted by Gasteiger charge is -2.27. The molecule has 0 fully saturated rings. The Balaban J connectivity index is 2.28. The molecule has 1 unspecified atom stereocenters. The molecule has 0 N–H and O–H groups in total. The number of carbonyl (C=O) groups excluding carboxylic acids is 1. The Morgan fingerprint density at radius 1 is 1.44 bits per heavy atom. The first-order valence-electron chi connectivity index (χ1n) is 5.63. The molecule has 0 saturated heterocycles. The van der Waals surface area contributed by atoms with Gasteiger partial charge in [0.15, 0.2) is 0 Å². The van der Waals surface area contributed by atoms with Gasteiger partial charge in [0, 0.05) is 7.05 Å². The topological polar surface area (TPSA) is 29.5 Å². The predicted molar refractivity (Wildman–Crippen MR) is 61.9 cm³/mol. The van der Waals surface area contributed by atoms with Gasteiger partial charge in [0.05, 0.1) is 13.0 Å². The molecule has 86 valence electrons. The van der Waals surface area contributed by atoms with E-state index in [9.17, 15) is 4.79 Å². The largest absolute Gasteiger partial charge is 0.275 e. The van der Waals surface area contributed by atoms with E-state index in [-0.39, 0.29) is 11.8 Å². The van der Waals surface area contributed by atoms with Gasteiger partial charge in [0.1, 0.15) is 0 Å². The first-order chi connectivity index (χ1) is 7.74. The lowest BCUT2D eigenvalue weighted by atomic mass is 9.82. The first kappa shape index (κ1) is 11.1. The highest BCUT2D eigenvalue weighted by molar-refractivity contribution is 5.83. The van der Waals surface area contributed by atoms with Crippen LogP contribution in [-0.2, 0) is 16.1 Å². The van der Waals surface area contributed by atoms with Crippen LogP contribution in [0.4, 0.5) is 0 Å². The number of benzene rings is 1. The zero-order valence-corrected chi connectivity index (χ0v) is 9.77. The van der Waals surface area contributed by atoms with Gasteiger partial charge in [-0.05, 0) is 30.4 Å². The van der Waals surface area contributed by atoms with Crippen molar-refractivity contribution in [1.29, 1.82) is 0 Å². The highest BCUT2D eigenvalue weighted by Crippen LogP contribution is 2.32. The Morgan fingerprint density at radius 2 is 2.19 bits per heavy atom. The molecular weight excluding hydrogens is 202 g/mol. The zero-order chi connectivity index (χ0) is 11.5. The van der Waals surface area contributed by atoms with Crippen LogP contribution in [0, 0.1) is 0 Å². The van der Waals surface area contributed by atoms with E-state index in [2.05, 4.69) is 12.1 Å². The molecule has 1 aromatic rings. The average molecular weight is 219 g/mol. The molecule has 0 heterocycles. The minimum atomic E-state index is -0.0325. The summed E-state index contributed by atoms with van der Waals surface area (Å²) in [6.45, 7) is 0. The molecule has 3 heteroatoms. The standard InChI is InChI=1S/C13H17NO2/c1-14(16-2)13(15)12-9-5-7-10-6-3-4-8-11(10)12/h3-4,6,8,12H,5,7,9H2,1-2H3. The SMILES string of the molecule is CON(C)C(=O)C1CCCc2ccccc21. The van der Waals surface area contributed by atoms with Gasteiger partial charge in [-0.15, -0.1) is 0 Å². The van der Waals surface area contributed by atoms with Crippen molar-refractivity contribution in [3.8, 4) is 0 Å². The van der Waals surface area contributed by atoms with Crippen molar-refractivity contribution in [2.75, 3.05) is 14.2 Å². The lowest BCUT2D eigenvalue weighted by Crippen LogP contribution is -2.32. The molecule has 0 saturated carbocycles. The number of hydrogen-bond acceptors (Lipinski definition) is 2. The molecule has 1 aliphatic rings. The zero-order valence-electron chi connectivity index (χ0n) is 9.77. The summed E-state index contributed by atoms with van der Waals surface area (Å²) >= 11 is 0. The third-order valence-electron chi connectivity index (χ3n) is 3.25. The minimum Gasteiger partial charge on any atom is -0.275 e. The van der Waals surface area contributed by atoms with E-state index >= 15 is 0 Å². The van der Waals surface area contributed by atoms with Gasteiger partial charge in [-0.1, -0.05) is 24.3 Å². The summed E-state index contributed by atoms with van der Waals surface area (Å²) in [5.74, 6) is 0.0181. The van der Waals surface area contributed by atoms with Crippen LogP contribution in [-0.4, -0.2) is 25.1 Å². The summed E-state index contributed by atoms with van der Waals surface area (Å²) in [5.41, 5.74) is 2.47. The van der Waals surface area contributed by atoms with Crippen molar-refractivity contribution in [2.45, 2.75) is 25.2 Å². The Kier molecular flexibility index (Phi) is 3.25. The summed E-state index contributed by atoms with van der Waals surface area (Å²) < 4.78 is 0. The maximum Gasteiger partial charge on any atom is 0.253 e. The number of carbonyl (C=O) groups is 1. The Bertz CT molecular complexity index is 389. The van der Waals surface area contributed by atoms with Gasteiger partial charge in [-0.25, -0.2) is 5.06 Å². The molecule has 3 nitrogen and oxygen atoms in total. The molecule has 1 amide bonds. The maximum absolute atomic E-state index is 12.1. The van der Waals surface area contributed by atoms with Crippen LogP contribution in [0.5, 0.6) is 0 Å². The van der Waals surface area contributed by atoms with E-state index in [1.807, 2.05) is 12.1 Å². The van der Waals surface area contributed by atoms with Crippen LogP contribution in [0.3, 0.4) is 0 Å². The molecular formula is C13H17NO2. The quantitative estimate of drug-likeness (QED) is 0.713. The number of likely N-dealkylation sites (N-methyl/N-ethyl adjacent to an activating group) is 1. The second-order valence-electron chi connectivity index (χ2n) is 4.16. The van der Waals surface area contributed by atoms with Crippen LogP contribution in [0.25, 0.3) is 0 Å². The summed E-state index contributed by atoms with van der Waals surface area (Å²) in [7, 11) is 3.19. The van der Waals surface area contributed by atoms with Gasteiger partial charge < -0.3 is 0 Å². The van der Waals surface area contributed by atoms with Gasteiger partial charge in [0.2, 0.25) is 0 Å². The molecule has 1 aliphatic carbocycles. The number of hydroxylamine groups is 2. The molecule has 16 heavy (non-hydrogen) atoms. The number of amides is 1. The third kappa shape index (κ3) is 1.95. The number of fused-ring (bicyclic) bond motifs is 1. The van der Waals surface area contributed by atoms with Crippen molar-refractivity contribution >= 4 is 5.91 Å². The fourth-order valence-corrected chi connectivity index (χ4v) is 2.32. The summed E-state index contributed by atoms with van der Waals surface area (Å²) in [4.78, 5) is 17.1. The Hall–Kier alpha value is -1.35. The summed E-state index contributed by atoms with van der Waals surface area (Å²) in [5, 5.41) is 1.33. The van der Waals surface area contributed by atoms with Crippen molar-refractivity contribution in [2.24, 2.45) is 0 Å². The van der Waals surface area contributed by atoms with E-state index in [0.717, 1.165) is 19.3 Å². The fraction of sp³-hybridized carbons (Fsp3) is 0.462. The normalized spacial score (nSPS) is 19.0. The van der Waals surface area contributed by atoms with E-state index in [1.165, 1.54) is 23.3 Å². The number of aryl methyl sites for hydroxylation is 1. The first-order valence-corrected chi connectivity index (χ1v) is 5.63. The van der Waals surface area contributed by atoms with Crippen LogP contribution in [0.1, 0.15) is 29.9 Å². The van der Waals surface area contributed by atoms with E-state index in [0.29, 0.717) is 0 Å². The highest BCUT2D eigenvalue weighted by Gasteiger charge is 2.28. The second kappa shape index (κ2) is 4.66. The van der Waals surface area contributed by atoms with E-state index in [4.69, 9.17) is 4.84 Å². The highest BCUT2D eigenvalue weighted by atomic mass is 16.7. The fourth-order valence-electron chi connectivity index (χ4n) is 2.32. The average Bonchev–Trinajstić information content (AvgIpc) is 2.36. The molecule has 0 aliphatic heterocycles. The predicted octanol–water partition coefficient (Wildman–Crippen LogP) is 2.13. The van der Waals surface area contributed by atoms with Crippen LogP contribution >= 0.6 is 0 Å². The van der Waals surface area contributed by atoms with Gasteiger partial charge in [0.25, 0.3) is 5.91 Å². The molecule has 2 rings (SSSR count). The van der Waals surface area contributed by atoms with Gasteiger partial charge in [-0.3, -0.25) is 9.63 Å². The second-order valence-corrected chi connectivity index (χ2v) is 4.16. The summed E-state index contributed by atoms with van der Waals surface area (Å²) in [6, 6.07) is 8.20. The number of rotatable bonds is 2. The molecule has 0 radical (unpaired) electrons. The number of hydrogen-bond donors (Lipinski definition) is 0. The van der Waals surface area contributed by atoms with E-state index < -0.39 is 0 Å². The van der Waals surface area contributed by atoms with Crippen LogP contribution in [0.2, 0.25) is 0 Å². The smallest absolute Gasteiger partial charge is 0.253 e. The molecule has 0 spiro atoms. The molecule has 1 atom stereocenters. The molecule has 0 aromatic heterocycles. The monoisotopic (exact) mass is 219 g/mol. The minimum absolute atomic E-state index is 0.0325. The molecule has 1 aromatic carbocycles. The van der Waals surface area contributed by atoms with Crippen LogP contribution < -0.4 is 0 Å². The van der Waals surface area contributed by atoms with Gasteiger partial charge >= 0.3 is 0 Å². The number of nitrogens with zero attached hydrogens (tertiary/aromatic N) is 1. The maximum atomic E-state index is 12.1. The van der Waals surface area contributed by atoms with Crippen LogP contribution in [0.15, 0.2) is 24.3 Å².